The highest BCUT2D eigenvalue weighted by Crippen LogP contribution is 2.29. The van der Waals surface area contributed by atoms with Gasteiger partial charge in [0, 0.05) is 5.56 Å². The first-order valence-electron chi connectivity index (χ1n) is 6.57. The average Bonchev–Trinajstić information content (AvgIpc) is 2.48. The van der Waals surface area contributed by atoms with E-state index in [-0.39, 0.29) is 5.91 Å². The van der Waals surface area contributed by atoms with Gasteiger partial charge in [-0.2, -0.15) is 0 Å². The van der Waals surface area contributed by atoms with Crippen LogP contribution in [0, 0.1) is 0 Å². The van der Waals surface area contributed by atoms with Gasteiger partial charge in [-0.25, -0.2) is 0 Å². The summed E-state index contributed by atoms with van der Waals surface area (Å²) in [6.45, 7) is 2.57. The quantitative estimate of drug-likeness (QED) is 0.932. The van der Waals surface area contributed by atoms with Crippen molar-refractivity contribution in [3.63, 3.8) is 0 Å². The second-order valence-corrected chi connectivity index (χ2v) is 4.47. The minimum Gasteiger partial charge on any atom is -0.494 e. The van der Waals surface area contributed by atoms with Gasteiger partial charge in [0.15, 0.2) is 6.23 Å². The molecule has 1 aliphatic heterocycles. The van der Waals surface area contributed by atoms with Crippen LogP contribution >= 0.6 is 0 Å². The van der Waals surface area contributed by atoms with E-state index >= 15 is 0 Å². The maximum Gasteiger partial charge on any atom is 0.258 e. The van der Waals surface area contributed by atoms with Crippen LogP contribution in [0.3, 0.4) is 0 Å². The number of hydrogen-bond acceptors (Lipinski definition) is 3. The van der Waals surface area contributed by atoms with Crippen LogP contribution in [0.1, 0.15) is 29.1 Å². The van der Waals surface area contributed by atoms with Gasteiger partial charge in [-0.15, -0.1) is 0 Å². The number of hydrogen-bond donors (Lipinski definition) is 1. The van der Waals surface area contributed by atoms with Crippen LogP contribution in [-0.4, -0.2) is 12.5 Å². The zero-order valence-corrected chi connectivity index (χ0v) is 11.1. The van der Waals surface area contributed by atoms with Crippen LogP contribution in [0.4, 0.5) is 0 Å². The minimum atomic E-state index is -0.465. The van der Waals surface area contributed by atoms with Gasteiger partial charge in [-0.05, 0) is 43.3 Å². The maximum atomic E-state index is 12.0. The number of amides is 1. The predicted octanol–water partition coefficient (Wildman–Crippen LogP) is 2.91. The van der Waals surface area contributed by atoms with E-state index in [1.807, 2.05) is 43.3 Å². The molecule has 0 unspecified atom stereocenters. The van der Waals surface area contributed by atoms with Crippen molar-refractivity contribution < 1.29 is 14.3 Å². The lowest BCUT2D eigenvalue weighted by Crippen LogP contribution is -2.36. The number of rotatable bonds is 3. The van der Waals surface area contributed by atoms with Crippen LogP contribution in [0.25, 0.3) is 0 Å². The number of benzene rings is 2. The Kier molecular flexibility index (Phi) is 3.29. The van der Waals surface area contributed by atoms with Crippen molar-refractivity contribution in [1.29, 1.82) is 0 Å². The number of carbonyl (C=O) groups is 1. The molecule has 0 spiro atoms. The summed E-state index contributed by atoms with van der Waals surface area (Å²) in [7, 11) is 0. The molecule has 0 fully saturated rings. The van der Waals surface area contributed by atoms with Gasteiger partial charge in [0.05, 0.1) is 12.2 Å². The third kappa shape index (κ3) is 2.32. The molecule has 4 heteroatoms. The third-order valence-electron chi connectivity index (χ3n) is 3.13. The normalized spacial score (nSPS) is 16.9. The molecule has 0 aromatic heterocycles. The molecule has 0 saturated heterocycles. The lowest BCUT2D eigenvalue weighted by Gasteiger charge is -2.27. The van der Waals surface area contributed by atoms with Crippen molar-refractivity contribution >= 4 is 5.91 Å². The van der Waals surface area contributed by atoms with Crippen molar-refractivity contribution in [3.8, 4) is 11.5 Å². The van der Waals surface area contributed by atoms with E-state index < -0.39 is 6.23 Å². The molecule has 3 rings (SSSR count). The standard InChI is InChI=1S/C16H15NO3/c1-2-19-12-9-7-11(8-10-12)16-17-15(18)13-5-3-4-6-14(13)20-16/h3-10,16H,2H2,1H3,(H,17,18)/t16-/m1/s1. The Labute approximate surface area is 117 Å². The summed E-state index contributed by atoms with van der Waals surface area (Å²) in [5, 5.41) is 2.84. The van der Waals surface area contributed by atoms with Gasteiger partial charge >= 0.3 is 0 Å². The fraction of sp³-hybridized carbons (Fsp3) is 0.188. The highest BCUT2D eigenvalue weighted by molar-refractivity contribution is 5.97. The fourth-order valence-electron chi connectivity index (χ4n) is 2.17. The molecule has 0 radical (unpaired) electrons. The van der Waals surface area contributed by atoms with E-state index in [1.165, 1.54) is 0 Å². The molecule has 1 aliphatic rings. The Bertz CT molecular complexity index is 622. The van der Waals surface area contributed by atoms with Crippen molar-refractivity contribution in [2.45, 2.75) is 13.2 Å². The summed E-state index contributed by atoms with van der Waals surface area (Å²) < 4.78 is 11.2. The molecule has 1 N–H and O–H groups in total. The van der Waals surface area contributed by atoms with Crippen molar-refractivity contribution in [1.82, 2.24) is 5.32 Å². The molecule has 4 nitrogen and oxygen atoms in total. The molecule has 0 aliphatic carbocycles. The summed E-state index contributed by atoms with van der Waals surface area (Å²) in [4.78, 5) is 12.0. The molecule has 1 atom stereocenters. The zero-order valence-electron chi connectivity index (χ0n) is 11.1. The Hall–Kier alpha value is -2.49. The van der Waals surface area contributed by atoms with Crippen LogP contribution in [-0.2, 0) is 0 Å². The summed E-state index contributed by atoms with van der Waals surface area (Å²) in [5.74, 6) is 1.29. The first kappa shape index (κ1) is 12.5. The summed E-state index contributed by atoms with van der Waals surface area (Å²) in [6.07, 6.45) is -0.465. The van der Waals surface area contributed by atoms with Crippen molar-refractivity contribution in [2.75, 3.05) is 6.61 Å². The van der Waals surface area contributed by atoms with Gasteiger partial charge in [0.2, 0.25) is 0 Å². The van der Waals surface area contributed by atoms with Gasteiger partial charge in [0.1, 0.15) is 11.5 Å². The molecule has 20 heavy (non-hydrogen) atoms. The molecular weight excluding hydrogens is 254 g/mol. The minimum absolute atomic E-state index is 0.120. The topological polar surface area (TPSA) is 47.6 Å². The number of carbonyl (C=O) groups excluding carboxylic acids is 1. The summed E-state index contributed by atoms with van der Waals surface area (Å²) in [5.41, 5.74) is 1.45. The smallest absolute Gasteiger partial charge is 0.258 e. The van der Waals surface area contributed by atoms with E-state index in [9.17, 15) is 4.79 Å². The first-order valence-corrected chi connectivity index (χ1v) is 6.57. The molecule has 1 amide bonds. The van der Waals surface area contributed by atoms with Crippen LogP contribution in [0.2, 0.25) is 0 Å². The van der Waals surface area contributed by atoms with Gasteiger partial charge in [-0.3, -0.25) is 4.79 Å². The van der Waals surface area contributed by atoms with Crippen molar-refractivity contribution in [2.24, 2.45) is 0 Å². The molecule has 2 aromatic rings. The molecule has 0 saturated carbocycles. The average molecular weight is 269 g/mol. The van der Waals surface area contributed by atoms with Gasteiger partial charge in [-0.1, -0.05) is 12.1 Å². The Morgan fingerprint density at radius 2 is 1.90 bits per heavy atom. The lowest BCUT2D eigenvalue weighted by molar-refractivity contribution is 0.0756. The number of ether oxygens (including phenoxy) is 2. The monoisotopic (exact) mass is 269 g/mol. The Morgan fingerprint density at radius 1 is 1.15 bits per heavy atom. The van der Waals surface area contributed by atoms with Gasteiger partial charge in [0.25, 0.3) is 5.91 Å². The second-order valence-electron chi connectivity index (χ2n) is 4.47. The lowest BCUT2D eigenvalue weighted by atomic mass is 10.1. The number of fused-ring (bicyclic) bond motifs is 1. The van der Waals surface area contributed by atoms with E-state index in [0.717, 1.165) is 11.3 Å². The summed E-state index contributed by atoms with van der Waals surface area (Å²) >= 11 is 0. The Balaban J connectivity index is 1.84. The molecular formula is C16H15NO3. The van der Waals surface area contributed by atoms with Crippen LogP contribution in [0.15, 0.2) is 48.5 Å². The largest absolute Gasteiger partial charge is 0.494 e. The first-order chi connectivity index (χ1) is 9.78. The van der Waals surface area contributed by atoms with E-state index in [1.54, 1.807) is 12.1 Å². The summed E-state index contributed by atoms with van der Waals surface area (Å²) in [6, 6.07) is 14.7. The fourth-order valence-corrected chi connectivity index (χ4v) is 2.17. The number of nitrogens with one attached hydrogen (secondary N) is 1. The van der Waals surface area contributed by atoms with Crippen LogP contribution in [0.5, 0.6) is 11.5 Å². The molecule has 2 aromatic carbocycles. The SMILES string of the molecule is CCOc1ccc([C@@H]2NC(=O)c3ccccc3O2)cc1. The van der Waals surface area contributed by atoms with Gasteiger partial charge < -0.3 is 14.8 Å². The molecule has 102 valence electrons. The number of para-hydroxylation sites is 1. The predicted molar refractivity (Wildman–Crippen MR) is 74.9 cm³/mol. The Morgan fingerprint density at radius 3 is 2.65 bits per heavy atom. The molecule has 1 heterocycles. The second kappa shape index (κ2) is 5.25. The van der Waals surface area contributed by atoms with E-state index in [0.29, 0.717) is 17.9 Å². The maximum absolute atomic E-state index is 12.0. The molecule has 0 bridgehead atoms. The highest BCUT2D eigenvalue weighted by atomic mass is 16.5. The van der Waals surface area contributed by atoms with Crippen LogP contribution < -0.4 is 14.8 Å². The van der Waals surface area contributed by atoms with Crippen molar-refractivity contribution in [3.05, 3.63) is 59.7 Å². The third-order valence-corrected chi connectivity index (χ3v) is 3.13. The zero-order chi connectivity index (χ0) is 13.9. The van der Waals surface area contributed by atoms with E-state index in [2.05, 4.69) is 5.32 Å². The van der Waals surface area contributed by atoms with E-state index in [4.69, 9.17) is 9.47 Å². The highest BCUT2D eigenvalue weighted by Gasteiger charge is 2.25.